The standard InChI is InChI=1S/C20H19FN2O3S/c21-16-6-12-20(13-7-16)26-14-15-27(24,25)23-19-10-8-18(9-11-19)22-17-4-2-1-3-5-17/h1-13,22-23H,14-15H2. The van der Waals surface area contributed by atoms with E-state index in [-0.39, 0.29) is 18.2 Å². The summed E-state index contributed by atoms with van der Waals surface area (Å²) in [5.41, 5.74) is 2.27. The van der Waals surface area contributed by atoms with Crippen LogP contribution in [0.3, 0.4) is 0 Å². The van der Waals surface area contributed by atoms with Gasteiger partial charge in [0.2, 0.25) is 10.0 Å². The molecule has 2 N–H and O–H groups in total. The summed E-state index contributed by atoms with van der Waals surface area (Å²) in [7, 11) is -3.55. The molecule has 0 spiro atoms. The van der Waals surface area contributed by atoms with Crippen molar-refractivity contribution in [2.45, 2.75) is 0 Å². The van der Waals surface area contributed by atoms with Crippen LogP contribution in [0.2, 0.25) is 0 Å². The average Bonchev–Trinajstić information content (AvgIpc) is 2.65. The molecule has 0 saturated heterocycles. The maximum Gasteiger partial charge on any atom is 0.236 e. The normalized spacial score (nSPS) is 11.0. The van der Waals surface area contributed by atoms with E-state index in [0.717, 1.165) is 11.4 Å². The monoisotopic (exact) mass is 386 g/mol. The summed E-state index contributed by atoms with van der Waals surface area (Å²) in [6.45, 7) is -0.0331. The first kappa shape index (κ1) is 18.7. The molecule has 0 aliphatic heterocycles. The summed E-state index contributed by atoms with van der Waals surface area (Å²) in [5, 5.41) is 3.23. The van der Waals surface area contributed by atoms with Crippen LogP contribution < -0.4 is 14.8 Å². The van der Waals surface area contributed by atoms with E-state index in [1.807, 2.05) is 30.3 Å². The van der Waals surface area contributed by atoms with Gasteiger partial charge in [-0.05, 0) is 60.7 Å². The summed E-state index contributed by atoms with van der Waals surface area (Å²) in [6, 6.07) is 22.0. The lowest BCUT2D eigenvalue weighted by Gasteiger charge is -2.11. The number of anilines is 3. The summed E-state index contributed by atoms with van der Waals surface area (Å²) in [6.07, 6.45) is 0. The van der Waals surface area contributed by atoms with E-state index in [0.29, 0.717) is 11.4 Å². The molecule has 140 valence electrons. The Morgan fingerprint density at radius 2 is 1.37 bits per heavy atom. The maximum absolute atomic E-state index is 12.8. The molecule has 7 heteroatoms. The molecule has 3 aromatic carbocycles. The van der Waals surface area contributed by atoms with Crippen LogP contribution in [-0.4, -0.2) is 20.8 Å². The zero-order valence-corrected chi connectivity index (χ0v) is 15.2. The maximum atomic E-state index is 12.8. The lowest BCUT2D eigenvalue weighted by atomic mass is 10.2. The quantitative estimate of drug-likeness (QED) is 0.603. The van der Waals surface area contributed by atoms with E-state index in [1.165, 1.54) is 24.3 Å². The number of hydrogen-bond acceptors (Lipinski definition) is 4. The Morgan fingerprint density at radius 1 is 0.778 bits per heavy atom. The van der Waals surface area contributed by atoms with Gasteiger partial charge >= 0.3 is 0 Å². The molecular weight excluding hydrogens is 367 g/mol. The second kappa shape index (κ2) is 8.55. The number of para-hydroxylation sites is 1. The van der Waals surface area contributed by atoms with Crippen molar-refractivity contribution in [3.8, 4) is 5.75 Å². The largest absolute Gasteiger partial charge is 0.492 e. The highest BCUT2D eigenvalue weighted by Gasteiger charge is 2.11. The Labute approximate surface area is 157 Å². The number of rotatable bonds is 8. The minimum Gasteiger partial charge on any atom is -0.492 e. The molecule has 0 aliphatic carbocycles. The first-order chi connectivity index (χ1) is 13.0. The van der Waals surface area contributed by atoms with Crippen LogP contribution in [0, 0.1) is 5.82 Å². The first-order valence-electron chi connectivity index (χ1n) is 8.31. The van der Waals surface area contributed by atoms with E-state index in [9.17, 15) is 12.8 Å². The second-order valence-corrected chi connectivity index (χ2v) is 7.63. The van der Waals surface area contributed by atoms with Crippen molar-refractivity contribution in [1.82, 2.24) is 0 Å². The van der Waals surface area contributed by atoms with Gasteiger partial charge in [-0.15, -0.1) is 0 Å². The molecule has 0 aliphatic rings. The number of sulfonamides is 1. The number of halogens is 1. The lowest BCUT2D eigenvalue weighted by Crippen LogP contribution is -2.21. The molecule has 5 nitrogen and oxygen atoms in total. The molecule has 0 radical (unpaired) electrons. The Hall–Kier alpha value is -3.06. The summed E-state index contributed by atoms with van der Waals surface area (Å²) < 4.78 is 45.0. The highest BCUT2D eigenvalue weighted by atomic mass is 32.2. The molecule has 0 aromatic heterocycles. The smallest absolute Gasteiger partial charge is 0.236 e. The predicted molar refractivity (Wildman–Crippen MR) is 105 cm³/mol. The summed E-state index contributed by atoms with van der Waals surface area (Å²) >= 11 is 0. The molecule has 3 aromatic rings. The fraction of sp³-hybridized carbons (Fsp3) is 0.100. The van der Waals surface area contributed by atoms with Crippen LogP contribution in [0.5, 0.6) is 5.75 Å². The molecule has 3 rings (SSSR count). The molecule has 0 amide bonds. The fourth-order valence-electron chi connectivity index (χ4n) is 2.34. The highest BCUT2D eigenvalue weighted by molar-refractivity contribution is 7.92. The average molecular weight is 386 g/mol. The van der Waals surface area contributed by atoms with Gasteiger partial charge in [0.25, 0.3) is 0 Å². The SMILES string of the molecule is O=S(=O)(CCOc1ccc(F)cc1)Nc1ccc(Nc2ccccc2)cc1. The topological polar surface area (TPSA) is 67.4 Å². The number of nitrogens with one attached hydrogen (secondary N) is 2. The molecule has 0 bridgehead atoms. The minimum absolute atomic E-state index is 0.0331. The Kier molecular flexibility index (Phi) is 5.93. The van der Waals surface area contributed by atoms with Crippen molar-refractivity contribution in [3.05, 3.63) is 84.7 Å². The van der Waals surface area contributed by atoms with Gasteiger partial charge in [-0.2, -0.15) is 0 Å². The van der Waals surface area contributed by atoms with Gasteiger partial charge in [-0.3, -0.25) is 4.72 Å². The van der Waals surface area contributed by atoms with Crippen LogP contribution in [0.25, 0.3) is 0 Å². The Balaban J connectivity index is 1.51. The van der Waals surface area contributed by atoms with Crippen molar-refractivity contribution < 1.29 is 17.5 Å². The zero-order valence-electron chi connectivity index (χ0n) is 14.4. The van der Waals surface area contributed by atoms with Crippen LogP contribution in [-0.2, 0) is 10.0 Å². The fourth-order valence-corrected chi connectivity index (χ4v) is 3.24. The number of hydrogen-bond donors (Lipinski definition) is 2. The van der Waals surface area contributed by atoms with E-state index >= 15 is 0 Å². The van der Waals surface area contributed by atoms with Crippen molar-refractivity contribution in [3.63, 3.8) is 0 Å². The van der Waals surface area contributed by atoms with Crippen LogP contribution in [0.1, 0.15) is 0 Å². The molecular formula is C20H19FN2O3S. The van der Waals surface area contributed by atoms with E-state index in [1.54, 1.807) is 24.3 Å². The van der Waals surface area contributed by atoms with Crippen molar-refractivity contribution >= 4 is 27.1 Å². The summed E-state index contributed by atoms with van der Waals surface area (Å²) in [4.78, 5) is 0. The molecule has 0 saturated carbocycles. The minimum atomic E-state index is -3.55. The van der Waals surface area contributed by atoms with Gasteiger partial charge in [-0.25, -0.2) is 12.8 Å². The van der Waals surface area contributed by atoms with Crippen LogP contribution >= 0.6 is 0 Å². The molecule has 0 atom stereocenters. The lowest BCUT2D eigenvalue weighted by molar-refractivity contribution is 0.340. The van der Waals surface area contributed by atoms with Crippen LogP contribution in [0.4, 0.5) is 21.5 Å². The van der Waals surface area contributed by atoms with Crippen LogP contribution in [0.15, 0.2) is 78.9 Å². The number of ether oxygens (including phenoxy) is 1. The number of benzene rings is 3. The third-order valence-electron chi connectivity index (χ3n) is 3.66. The predicted octanol–water partition coefficient (Wildman–Crippen LogP) is 4.39. The van der Waals surface area contributed by atoms with Crippen molar-refractivity contribution in [2.75, 3.05) is 22.4 Å². The van der Waals surface area contributed by atoms with Gasteiger partial charge in [0.05, 0.1) is 0 Å². The highest BCUT2D eigenvalue weighted by Crippen LogP contribution is 2.19. The molecule has 27 heavy (non-hydrogen) atoms. The van der Waals surface area contributed by atoms with Gasteiger partial charge in [0, 0.05) is 17.1 Å². The molecule has 0 unspecified atom stereocenters. The first-order valence-corrected chi connectivity index (χ1v) is 9.96. The Bertz CT molecular complexity index is 960. The third-order valence-corrected chi connectivity index (χ3v) is 4.91. The molecule has 0 heterocycles. The third kappa shape index (κ3) is 6.00. The summed E-state index contributed by atoms with van der Waals surface area (Å²) in [5.74, 6) is -0.168. The van der Waals surface area contributed by atoms with Crippen molar-refractivity contribution in [2.24, 2.45) is 0 Å². The zero-order chi connectivity index (χ0) is 19.1. The van der Waals surface area contributed by atoms with E-state index < -0.39 is 10.0 Å². The van der Waals surface area contributed by atoms with Gasteiger partial charge in [0.15, 0.2) is 0 Å². The van der Waals surface area contributed by atoms with Gasteiger partial charge < -0.3 is 10.1 Å². The second-order valence-electron chi connectivity index (χ2n) is 5.79. The van der Waals surface area contributed by atoms with Crippen molar-refractivity contribution in [1.29, 1.82) is 0 Å². The van der Waals surface area contributed by atoms with Gasteiger partial charge in [0.1, 0.15) is 23.9 Å². The van der Waals surface area contributed by atoms with E-state index in [4.69, 9.17) is 4.74 Å². The Morgan fingerprint density at radius 3 is 2.04 bits per heavy atom. The molecule has 0 fully saturated rings. The van der Waals surface area contributed by atoms with E-state index in [2.05, 4.69) is 10.0 Å². The van der Waals surface area contributed by atoms with Gasteiger partial charge in [-0.1, -0.05) is 18.2 Å².